The molecule has 170 valence electrons. The van der Waals surface area contributed by atoms with Crippen molar-refractivity contribution in [1.29, 1.82) is 0 Å². The van der Waals surface area contributed by atoms with Crippen LogP contribution in [0.2, 0.25) is 0 Å². The third kappa shape index (κ3) is 5.60. The van der Waals surface area contributed by atoms with E-state index in [1.807, 2.05) is 39.8 Å². The van der Waals surface area contributed by atoms with Crippen LogP contribution in [0, 0.1) is 5.92 Å². The second-order valence-electron chi connectivity index (χ2n) is 7.70. The van der Waals surface area contributed by atoms with Crippen molar-refractivity contribution in [1.82, 2.24) is 20.3 Å². The Bertz CT molecular complexity index is 1020. The van der Waals surface area contributed by atoms with E-state index in [1.54, 1.807) is 18.6 Å². The van der Waals surface area contributed by atoms with Gasteiger partial charge in [-0.05, 0) is 43.5 Å². The van der Waals surface area contributed by atoms with E-state index in [-0.39, 0.29) is 23.4 Å². The van der Waals surface area contributed by atoms with Gasteiger partial charge in [0.25, 0.3) is 5.91 Å². The van der Waals surface area contributed by atoms with Crippen molar-refractivity contribution in [2.45, 2.75) is 33.1 Å². The number of nitrogen functional groups attached to an aromatic ring is 1. The fraction of sp³-hybridized carbons (Fsp3) is 0.318. The summed E-state index contributed by atoms with van der Waals surface area (Å²) in [5.41, 5.74) is 24.9. The van der Waals surface area contributed by atoms with Gasteiger partial charge in [0, 0.05) is 30.7 Å². The van der Waals surface area contributed by atoms with E-state index < -0.39 is 11.3 Å². The number of aromatic nitrogens is 3. The summed E-state index contributed by atoms with van der Waals surface area (Å²) in [6, 6.07) is 3.73. The summed E-state index contributed by atoms with van der Waals surface area (Å²) in [5.74, 6) is 0.104. The van der Waals surface area contributed by atoms with E-state index in [2.05, 4.69) is 25.3 Å². The summed E-state index contributed by atoms with van der Waals surface area (Å²) in [6.07, 6.45) is 7.82. The molecular weight excluding hydrogens is 406 g/mol. The smallest absolute Gasteiger partial charge is 0.294 e. The molecule has 0 spiro atoms. The summed E-state index contributed by atoms with van der Waals surface area (Å²) < 4.78 is 0. The Hall–Kier alpha value is -3.95. The molecule has 0 saturated heterocycles. The van der Waals surface area contributed by atoms with Crippen LogP contribution in [-0.4, -0.2) is 33.2 Å². The summed E-state index contributed by atoms with van der Waals surface area (Å²) in [5, 5.41) is 2.91. The maximum atomic E-state index is 12.5. The second-order valence-corrected chi connectivity index (χ2v) is 7.70. The van der Waals surface area contributed by atoms with Crippen molar-refractivity contribution < 1.29 is 4.79 Å². The van der Waals surface area contributed by atoms with Gasteiger partial charge >= 0.3 is 0 Å². The lowest BCUT2D eigenvalue weighted by atomic mass is 9.73. The van der Waals surface area contributed by atoms with Gasteiger partial charge in [0.05, 0.1) is 22.6 Å². The molecule has 1 amide bonds. The van der Waals surface area contributed by atoms with Crippen molar-refractivity contribution in [2.24, 2.45) is 28.1 Å². The Labute approximate surface area is 187 Å². The minimum Gasteiger partial charge on any atom is -0.394 e. The van der Waals surface area contributed by atoms with Gasteiger partial charge in [-0.2, -0.15) is 4.99 Å². The molecule has 0 saturated carbocycles. The molecule has 10 heteroatoms. The van der Waals surface area contributed by atoms with E-state index in [0.717, 1.165) is 11.1 Å². The fourth-order valence-electron chi connectivity index (χ4n) is 2.92. The predicted octanol–water partition coefficient (Wildman–Crippen LogP) is 1.17. The molecule has 0 aliphatic rings. The van der Waals surface area contributed by atoms with Crippen LogP contribution in [-0.2, 0) is 10.2 Å². The van der Waals surface area contributed by atoms with Crippen LogP contribution >= 0.6 is 0 Å². The maximum absolute atomic E-state index is 12.5. The van der Waals surface area contributed by atoms with Gasteiger partial charge in [-0.3, -0.25) is 9.78 Å². The Balaban J connectivity index is 2.34. The number of rotatable bonds is 8. The van der Waals surface area contributed by atoms with E-state index in [0.29, 0.717) is 18.1 Å². The summed E-state index contributed by atoms with van der Waals surface area (Å²) in [7, 11) is 0. The second kappa shape index (κ2) is 10.4. The highest BCUT2D eigenvalue weighted by Crippen LogP contribution is 2.33. The first kappa shape index (κ1) is 24.3. The first-order valence-corrected chi connectivity index (χ1v) is 10.2. The molecule has 2 heterocycles. The molecule has 10 nitrogen and oxygen atoms in total. The molecule has 0 aliphatic carbocycles. The number of nitrogens with zero attached hydrogens (tertiary/aromatic N) is 4. The van der Waals surface area contributed by atoms with Gasteiger partial charge in [-0.15, -0.1) is 0 Å². The number of carbonyl (C=O) groups excluding carboxylic acids is 1. The molecule has 0 bridgehead atoms. The number of nitrogens with one attached hydrogen (secondary N) is 1. The average molecular weight is 438 g/mol. The van der Waals surface area contributed by atoms with Crippen molar-refractivity contribution in [3.8, 4) is 11.3 Å². The monoisotopic (exact) mass is 437 g/mol. The number of pyridine rings is 1. The zero-order valence-electron chi connectivity index (χ0n) is 18.8. The van der Waals surface area contributed by atoms with Crippen LogP contribution in [0.25, 0.3) is 11.3 Å². The number of carbonyl (C=O) groups is 1. The van der Waals surface area contributed by atoms with Crippen LogP contribution in [0.15, 0.2) is 59.4 Å². The molecule has 32 heavy (non-hydrogen) atoms. The molecular formula is C22H31N9O. The number of anilines is 1. The largest absolute Gasteiger partial charge is 0.394 e. The topological polar surface area (TPSA) is 184 Å². The fourth-order valence-corrected chi connectivity index (χ4v) is 2.92. The molecule has 1 atom stereocenters. The summed E-state index contributed by atoms with van der Waals surface area (Å²) in [6.45, 7) is 8.46. The summed E-state index contributed by atoms with van der Waals surface area (Å²) in [4.78, 5) is 29.1. The number of hydrogen-bond acceptors (Lipinski definition) is 8. The van der Waals surface area contributed by atoms with Crippen molar-refractivity contribution in [3.63, 3.8) is 0 Å². The molecule has 2 aromatic heterocycles. The zero-order valence-corrected chi connectivity index (χ0v) is 18.8. The van der Waals surface area contributed by atoms with Crippen molar-refractivity contribution in [2.75, 3.05) is 12.3 Å². The highest BCUT2D eigenvalue weighted by atomic mass is 16.1. The van der Waals surface area contributed by atoms with E-state index >= 15 is 0 Å². The third-order valence-corrected chi connectivity index (χ3v) is 5.31. The van der Waals surface area contributed by atoms with Crippen LogP contribution in [0.3, 0.4) is 0 Å². The van der Waals surface area contributed by atoms with Gasteiger partial charge in [-0.25, -0.2) is 9.97 Å². The first-order chi connectivity index (χ1) is 15.1. The number of amidine groups is 1. The Morgan fingerprint density at radius 2 is 1.78 bits per heavy atom. The lowest BCUT2D eigenvalue weighted by molar-refractivity contribution is -0.114. The van der Waals surface area contributed by atoms with Gasteiger partial charge < -0.3 is 28.3 Å². The van der Waals surface area contributed by atoms with Gasteiger partial charge in [0.1, 0.15) is 5.84 Å². The standard InChI is InChI=1S/C22H31N9O/c1-5-27-18(24)9-7-16(23)19(32)31-20(25)22(4,13(2)3)15-6-8-17(28-12-15)14-10-29-21(26)30-11-14/h6-13,27H,5,23-24H2,1-4H3,(H2,25,31,32)(H2,26,29,30)/b16-7-,18-9+. The number of nitrogens with two attached hydrogens (primary N) is 4. The van der Waals surface area contributed by atoms with Crippen LogP contribution < -0.4 is 28.3 Å². The van der Waals surface area contributed by atoms with Crippen LogP contribution in [0.1, 0.15) is 33.3 Å². The SMILES string of the molecule is CCN/C(N)=C/C=C(\N)C(=O)N=C(N)C(C)(c1ccc(-c2cnc(N)nc2)nc1)C(C)C. The number of aliphatic imine (C=N–C) groups is 1. The highest BCUT2D eigenvalue weighted by molar-refractivity contribution is 6.05. The van der Waals surface area contributed by atoms with Crippen molar-refractivity contribution >= 4 is 17.7 Å². The molecule has 2 aromatic rings. The minimum absolute atomic E-state index is 0.0149. The lowest BCUT2D eigenvalue weighted by Gasteiger charge is -2.33. The quantitative estimate of drug-likeness (QED) is 0.175. The van der Waals surface area contributed by atoms with Gasteiger partial charge in [0.2, 0.25) is 5.95 Å². The minimum atomic E-state index is -0.752. The molecule has 1 unspecified atom stereocenters. The van der Waals surface area contributed by atoms with E-state index in [4.69, 9.17) is 22.9 Å². The molecule has 0 aliphatic heterocycles. The highest BCUT2D eigenvalue weighted by Gasteiger charge is 2.36. The lowest BCUT2D eigenvalue weighted by Crippen LogP contribution is -2.44. The average Bonchev–Trinajstić information content (AvgIpc) is 2.77. The number of allylic oxidation sites excluding steroid dienone is 2. The predicted molar refractivity (Wildman–Crippen MR) is 127 cm³/mol. The Morgan fingerprint density at radius 1 is 1.12 bits per heavy atom. The normalized spacial score (nSPS) is 14.8. The molecule has 0 fully saturated rings. The van der Waals surface area contributed by atoms with E-state index in [1.165, 1.54) is 12.2 Å². The number of hydrogen-bond donors (Lipinski definition) is 5. The summed E-state index contributed by atoms with van der Waals surface area (Å²) >= 11 is 0. The van der Waals surface area contributed by atoms with Crippen molar-refractivity contribution in [3.05, 3.63) is 60.0 Å². The first-order valence-electron chi connectivity index (χ1n) is 10.2. The Kier molecular flexibility index (Phi) is 7.89. The maximum Gasteiger partial charge on any atom is 0.294 e. The van der Waals surface area contributed by atoms with Crippen LogP contribution in [0.4, 0.5) is 5.95 Å². The zero-order chi connectivity index (χ0) is 23.9. The Morgan fingerprint density at radius 3 is 2.31 bits per heavy atom. The molecule has 2 rings (SSSR count). The molecule has 0 aromatic carbocycles. The van der Waals surface area contributed by atoms with E-state index in [9.17, 15) is 4.79 Å². The number of amides is 1. The molecule has 9 N–H and O–H groups in total. The third-order valence-electron chi connectivity index (χ3n) is 5.31. The van der Waals surface area contributed by atoms with Crippen LogP contribution in [0.5, 0.6) is 0 Å². The van der Waals surface area contributed by atoms with Gasteiger partial charge in [-0.1, -0.05) is 19.9 Å². The van der Waals surface area contributed by atoms with Gasteiger partial charge in [0.15, 0.2) is 0 Å². The molecule has 0 radical (unpaired) electrons.